The molecule has 0 aliphatic heterocycles. The third kappa shape index (κ3) is 5.77. The molecule has 0 aromatic carbocycles. The number of rotatable bonds is 7. The predicted molar refractivity (Wildman–Crippen MR) is 74.3 cm³/mol. The number of carbonyl (C=O) groups excluding carboxylic acids is 1. The highest BCUT2D eigenvalue weighted by atomic mass is 16.4. The fourth-order valence-corrected chi connectivity index (χ4v) is 1.99. The van der Waals surface area contributed by atoms with Gasteiger partial charge in [0, 0.05) is 19.2 Å². The Morgan fingerprint density at radius 1 is 1.30 bits per heavy atom. The zero-order valence-electron chi connectivity index (χ0n) is 12.1. The normalized spacial score (nSPS) is 12.2. The Balaban J connectivity index is 2.55. The lowest BCUT2D eigenvalue weighted by Gasteiger charge is -2.17. The molecule has 20 heavy (non-hydrogen) atoms. The number of aryl methyl sites for hydroxylation is 1. The van der Waals surface area contributed by atoms with Crippen LogP contribution in [0.15, 0.2) is 12.4 Å². The van der Waals surface area contributed by atoms with E-state index in [2.05, 4.69) is 15.3 Å². The van der Waals surface area contributed by atoms with Crippen molar-refractivity contribution in [2.24, 2.45) is 11.8 Å². The van der Waals surface area contributed by atoms with E-state index in [-0.39, 0.29) is 23.9 Å². The molecule has 2 N–H and O–H groups in total. The van der Waals surface area contributed by atoms with Crippen LogP contribution in [0.25, 0.3) is 0 Å². The van der Waals surface area contributed by atoms with Crippen LogP contribution in [-0.4, -0.2) is 33.5 Å². The van der Waals surface area contributed by atoms with Crippen LogP contribution >= 0.6 is 0 Å². The molecule has 6 nitrogen and oxygen atoms in total. The van der Waals surface area contributed by atoms with Crippen molar-refractivity contribution in [1.29, 1.82) is 0 Å². The summed E-state index contributed by atoms with van der Waals surface area (Å²) in [6.07, 6.45) is 3.75. The van der Waals surface area contributed by atoms with Crippen LogP contribution in [0.1, 0.15) is 42.9 Å². The number of amides is 1. The molecule has 0 aliphatic rings. The molecule has 110 valence electrons. The SMILES string of the molecule is Cc1cnc(C(=O)NC[C@H](CC(=O)O)CC(C)C)cn1. The average Bonchev–Trinajstić information content (AvgIpc) is 2.35. The van der Waals surface area contributed by atoms with Crippen molar-refractivity contribution in [3.8, 4) is 0 Å². The molecule has 0 saturated carbocycles. The molecule has 0 fully saturated rings. The van der Waals surface area contributed by atoms with Crippen LogP contribution in [0, 0.1) is 18.8 Å². The van der Waals surface area contributed by atoms with Crippen molar-refractivity contribution in [3.63, 3.8) is 0 Å². The summed E-state index contributed by atoms with van der Waals surface area (Å²) in [7, 11) is 0. The Bertz CT molecular complexity index is 457. The maximum Gasteiger partial charge on any atom is 0.303 e. The van der Waals surface area contributed by atoms with E-state index in [1.807, 2.05) is 13.8 Å². The van der Waals surface area contributed by atoms with Gasteiger partial charge in [-0.2, -0.15) is 0 Å². The van der Waals surface area contributed by atoms with Crippen LogP contribution in [0.2, 0.25) is 0 Å². The standard InChI is InChI=1S/C14H21N3O3/c1-9(2)4-11(5-13(18)19)7-17-14(20)12-8-15-10(3)6-16-12/h6,8-9,11H,4-5,7H2,1-3H3,(H,17,20)(H,18,19)/t11-/m0/s1. The molecule has 0 spiro atoms. The minimum atomic E-state index is -0.847. The zero-order valence-corrected chi connectivity index (χ0v) is 12.1. The van der Waals surface area contributed by atoms with Gasteiger partial charge in [-0.3, -0.25) is 14.6 Å². The molecule has 1 aromatic rings. The number of hydrogen-bond donors (Lipinski definition) is 2. The maximum absolute atomic E-state index is 11.9. The molecule has 0 saturated heterocycles. The van der Waals surface area contributed by atoms with Crippen molar-refractivity contribution in [2.75, 3.05) is 6.54 Å². The van der Waals surface area contributed by atoms with Crippen LogP contribution in [0.4, 0.5) is 0 Å². The minimum Gasteiger partial charge on any atom is -0.481 e. The lowest BCUT2D eigenvalue weighted by molar-refractivity contribution is -0.138. The first-order valence-electron chi connectivity index (χ1n) is 6.67. The Morgan fingerprint density at radius 3 is 2.50 bits per heavy atom. The third-order valence-electron chi connectivity index (χ3n) is 2.83. The van der Waals surface area contributed by atoms with Crippen molar-refractivity contribution in [3.05, 3.63) is 23.8 Å². The van der Waals surface area contributed by atoms with Gasteiger partial charge < -0.3 is 10.4 Å². The lowest BCUT2D eigenvalue weighted by Crippen LogP contribution is -2.31. The zero-order chi connectivity index (χ0) is 15.1. The number of aliphatic carboxylic acids is 1. The number of aromatic nitrogens is 2. The Labute approximate surface area is 118 Å². The number of carboxylic acids is 1. The first-order chi connectivity index (χ1) is 9.38. The van der Waals surface area contributed by atoms with Gasteiger partial charge in [-0.05, 0) is 25.2 Å². The van der Waals surface area contributed by atoms with E-state index < -0.39 is 5.97 Å². The maximum atomic E-state index is 11.9. The highest BCUT2D eigenvalue weighted by Crippen LogP contribution is 2.14. The summed E-state index contributed by atoms with van der Waals surface area (Å²) in [5.41, 5.74) is 0.985. The van der Waals surface area contributed by atoms with Crippen LogP contribution in [0.3, 0.4) is 0 Å². The molecule has 0 bridgehead atoms. The minimum absolute atomic E-state index is 0.0536. The topological polar surface area (TPSA) is 92.2 Å². The molecule has 1 aromatic heterocycles. The molecule has 0 aliphatic carbocycles. The molecular weight excluding hydrogens is 258 g/mol. The summed E-state index contributed by atoms with van der Waals surface area (Å²) in [4.78, 5) is 30.7. The Kier molecular flexibility index (Phi) is 6.09. The van der Waals surface area contributed by atoms with Gasteiger partial charge in [0.25, 0.3) is 5.91 Å². The van der Waals surface area contributed by atoms with E-state index in [1.165, 1.54) is 12.4 Å². The number of nitrogens with one attached hydrogen (secondary N) is 1. The fourth-order valence-electron chi connectivity index (χ4n) is 1.99. The summed E-state index contributed by atoms with van der Waals surface area (Å²) < 4.78 is 0. The van der Waals surface area contributed by atoms with Crippen LogP contribution in [-0.2, 0) is 4.79 Å². The van der Waals surface area contributed by atoms with Crippen LogP contribution in [0.5, 0.6) is 0 Å². The van der Waals surface area contributed by atoms with Crippen molar-refractivity contribution in [2.45, 2.75) is 33.6 Å². The van der Waals surface area contributed by atoms with Gasteiger partial charge in [-0.15, -0.1) is 0 Å². The molecule has 0 radical (unpaired) electrons. The lowest BCUT2D eigenvalue weighted by atomic mass is 9.94. The van der Waals surface area contributed by atoms with E-state index in [0.717, 1.165) is 12.1 Å². The van der Waals surface area contributed by atoms with Gasteiger partial charge in [0.15, 0.2) is 0 Å². The quantitative estimate of drug-likeness (QED) is 0.791. The second kappa shape index (κ2) is 7.57. The fraction of sp³-hybridized carbons (Fsp3) is 0.571. The van der Waals surface area contributed by atoms with Gasteiger partial charge in [-0.25, -0.2) is 4.98 Å². The Morgan fingerprint density at radius 2 is 2.00 bits per heavy atom. The summed E-state index contributed by atoms with van der Waals surface area (Å²) in [6, 6.07) is 0. The number of carbonyl (C=O) groups is 2. The second-order valence-electron chi connectivity index (χ2n) is 5.35. The molecule has 1 rings (SSSR count). The van der Waals surface area contributed by atoms with E-state index in [4.69, 9.17) is 5.11 Å². The van der Waals surface area contributed by atoms with Crippen molar-refractivity contribution < 1.29 is 14.7 Å². The van der Waals surface area contributed by atoms with Crippen LogP contribution < -0.4 is 5.32 Å². The first kappa shape index (κ1) is 16.1. The summed E-state index contributed by atoms with van der Waals surface area (Å²) in [6.45, 7) is 6.18. The van der Waals surface area contributed by atoms with E-state index in [9.17, 15) is 9.59 Å². The van der Waals surface area contributed by atoms with E-state index in [1.54, 1.807) is 6.92 Å². The Hall–Kier alpha value is -1.98. The number of carboxylic acid groups (broad SMARTS) is 1. The molecule has 1 atom stereocenters. The largest absolute Gasteiger partial charge is 0.481 e. The first-order valence-corrected chi connectivity index (χ1v) is 6.67. The molecule has 1 heterocycles. The van der Waals surface area contributed by atoms with Gasteiger partial charge in [0.05, 0.1) is 11.9 Å². The number of nitrogens with zero attached hydrogens (tertiary/aromatic N) is 2. The van der Waals surface area contributed by atoms with Crippen molar-refractivity contribution in [1.82, 2.24) is 15.3 Å². The van der Waals surface area contributed by atoms with Gasteiger partial charge in [0.2, 0.25) is 0 Å². The summed E-state index contributed by atoms with van der Waals surface area (Å²) in [5, 5.41) is 11.6. The third-order valence-corrected chi connectivity index (χ3v) is 2.83. The van der Waals surface area contributed by atoms with E-state index >= 15 is 0 Å². The van der Waals surface area contributed by atoms with Gasteiger partial charge >= 0.3 is 5.97 Å². The molecule has 0 unspecified atom stereocenters. The highest BCUT2D eigenvalue weighted by Gasteiger charge is 2.17. The molecular formula is C14H21N3O3. The smallest absolute Gasteiger partial charge is 0.303 e. The monoisotopic (exact) mass is 279 g/mol. The average molecular weight is 279 g/mol. The predicted octanol–water partition coefficient (Wildman–Crippen LogP) is 1.65. The van der Waals surface area contributed by atoms with Gasteiger partial charge in [0.1, 0.15) is 5.69 Å². The van der Waals surface area contributed by atoms with E-state index in [0.29, 0.717) is 12.5 Å². The second-order valence-corrected chi connectivity index (χ2v) is 5.35. The van der Waals surface area contributed by atoms with Gasteiger partial charge in [-0.1, -0.05) is 13.8 Å². The molecule has 1 amide bonds. The molecule has 6 heteroatoms. The highest BCUT2D eigenvalue weighted by molar-refractivity contribution is 5.91. The number of hydrogen-bond acceptors (Lipinski definition) is 4. The summed E-state index contributed by atoms with van der Waals surface area (Å²) in [5.74, 6) is -0.859. The summed E-state index contributed by atoms with van der Waals surface area (Å²) >= 11 is 0. The van der Waals surface area contributed by atoms with Crippen molar-refractivity contribution >= 4 is 11.9 Å².